The Balaban J connectivity index is 2.32. The quantitative estimate of drug-likeness (QED) is 0.750. The Kier molecular flexibility index (Phi) is 4.73. The predicted octanol–water partition coefficient (Wildman–Crippen LogP) is 0.261. The number of carboxylic acid groups (broad SMARTS) is 1. The highest BCUT2D eigenvalue weighted by atomic mass is 16.4. The second kappa shape index (κ2) is 5.84. The van der Waals surface area contributed by atoms with E-state index in [4.69, 9.17) is 5.11 Å². The number of hydrogen-bond acceptors (Lipinski definition) is 3. The Morgan fingerprint density at radius 3 is 2.25 bits per heavy atom. The second-order valence-electron chi connectivity index (χ2n) is 4.27. The lowest BCUT2D eigenvalue weighted by atomic mass is 10.1. The molecule has 92 valence electrons. The molecule has 16 heavy (non-hydrogen) atoms. The van der Waals surface area contributed by atoms with Crippen molar-refractivity contribution in [2.45, 2.75) is 20.3 Å². The van der Waals surface area contributed by atoms with Crippen molar-refractivity contribution in [2.24, 2.45) is 5.92 Å². The highest BCUT2D eigenvalue weighted by molar-refractivity contribution is 5.75. The fraction of sp³-hybridized carbons (Fsp3) is 0.818. The number of aliphatic carboxylic acids is 1. The van der Waals surface area contributed by atoms with Crippen molar-refractivity contribution in [1.29, 1.82) is 0 Å². The van der Waals surface area contributed by atoms with Crippen LogP contribution in [0.3, 0.4) is 0 Å². The topological polar surface area (TPSA) is 60.9 Å². The number of carboxylic acids is 1. The molecule has 0 bridgehead atoms. The predicted molar refractivity (Wildman–Crippen MR) is 60.1 cm³/mol. The van der Waals surface area contributed by atoms with E-state index in [9.17, 15) is 9.59 Å². The molecule has 1 saturated heterocycles. The van der Waals surface area contributed by atoms with Crippen LogP contribution < -0.4 is 0 Å². The zero-order chi connectivity index (χ0) is 12.1. The van der Waals surface area contributed by atoms with Gasteiger partial charge in [-0.15, -0.1) is 0 Å². The number of rotatable bonds is 4. The van der Waals surface area contributed by atoms with Gasteiger partial charge in [0, 0.05) is 39.1 Å². The average molecular weight is 228 g/mol. The zero-order valence-electron chi connectivity index (χ0n) is 9.98. The van der Waals surface area contributed by atoms with Gasteiger partial charge in [0.1, 0.15) is 0 Å². The molecule has 1 aliphatic heterocycles. The molecule has 5 heteroatoms. The summed E-state index contributed by atoms with van der Waals surface area (Å²) < 4.78 is 0. The van der Waals surface area contributed by atoms with E-state index in [0.29, 0.717) is 13.0 Å². The highest BCUT2D eigenvalue weighted by Crippen LogP contribution is 2.07. The molecule has 0 aliphatic carbocycles. The second-order valence-corrected chi connectivity index (χ2v) is 4.27. The van der Waals surface area contributed by atoms with Gasteiger partial charge < -0.3 is 10.0 Å². The Morgan fingerprint density at radius 1 is 1.25 bits per heavy atom. The first-order valence-electron chi connectivity index (χ1n) is 5.77. The summed E-state index contributed by atoms with van der Waals surface area (Å²) in [7, 11) is 0. The fourth-order valence-corrected chi connectivity index (χ4v) is 1.87. The van der Waals surface area contributed by atoms with Crippen LogP contribution >= 0.6 is 0 Å². The van der Waals surface area contributed by atoms with Crippen molar-refractivity contribution in [2.75, 3.05) is 32.7 Å². The van der Waals surface area contributed by atoms with Crippen LogP contribution in [0.2, 0.25) is 0 Å². The van der Waals surface area contributed by atoms with Crippen molar-refractivity contribution < 1.29 is 14.7 Å². The maximum atomic E-state index is 11.4. The van der Waals surface area contributed by atoms with Crippen LogP contribution in [0.1, 0.15) is 20.3 Å². The van der Waals surface area contributed by atoms with Gasteiger partial charge in [-0.05, 0) is 0 Å². The van der Waals surface area contributed by atoms with Gasteiger partial charge >= 0.3 is 5.97 Å². The number of carbonyl (C=O) groups is 2. The fourth-order valence-electron chi connectivity index (χ4n) is 1.87. The average Bonchev–Trinajstić information content (AvgIpc) is 2.28. The first-order valence-corrected chi connectivity index (χ1v) is 5.77. The molecule has 0 radical (unpaired) electrons. The third-order valence-electron chi connectivity index (χ3n) is 2.98. The summed E-state index contributed by atoms with van der Waals surface area (Å²) in [5, 5.41) is 8.80. The minimum Gasteiger partial charge on any atom is -0.481 e. The van der Waals surface area contributed by atoms with Gasteiger partial charge in [-0.3, -0.25) is 14.5 Å². The number of piperazine rings is 1. The van der Waals surface area contributed by atoms with Crippen LogP contribution in [0.4, 0.5) is 0 Å². The Labute approximate surface area is 96.0 Å². The van der Waals surface area contributed by atoms with E-state index in [0.717, 1.165) is 26.2 Å². The molecule has 1 heterocycles. The van der Waals surface area contributed by atoms with Gasteiger partial charge in [0.25, 0.3) is 0 Å². The molecule has 0 aromatic carbocycles. The summed E-state index contributed by atoms with van der Waals surface area (Å²) in [6, 6.07) is 0. The molecule has 1 fully saturated rings. The van der Waals surface area contributed by atoms with Crippen LogP contribution in [0, 0.1) is 5.92 Å². The van der Waals surface area contributed by atoms with Gasteiger partial charge in [-0.1, -0.05) is 13.8 Å². The maximum absolute atomic E-state index is 11.4. The first-order chi connectivity index (χ1) is 7.54. The van der Waals surface area contributed by atoms with E-state index in [1.165, 1.54) is 0 Å². The van der Waals surface area contributed by atoms with Gasteiger partial charge in [-0.25, -0.2) is 0 Å². The van der Waals surface area contributed by atoms with Crippen LogP contribution in [0.15, 0.2) is 0 Å². The van der Waals surface area contributed by atoms with E-state index >= 15 is 0 Å². The monoisotopic (exact) mass is 228 g/mol. The molecule has 0 aromatic heterocycles. The van der Waals surface area contributed by atoms with Crippen LogP contribution in [0.25, 0.3) is 0 Å². The summed E-state index contributed by atoms with van der Waals surface area (Å²) >= 11 is 0. The van der Waals surface area contributed by atoms with Crippen LogP contribution in [0.5, 0.6) is 0 Å². The van der Waals surface area contributed by atoms with Gasteiger partial charge in [0.05, 0.1) is 5.92 Å². The van der Waals surface area contributed by atoms with E-state index in [-0.39, 0.29) is 11.8 Å². The molecule has 0 spiro atoms. The first kappa shape index (κ1) is 13.0. The van der Waals surface area contributed by atoms with E-state index < -0.39 is 5.97 Å². The molecule has 1 unspecified atom stereocenters. The minimum atomic E-state index is -0.757. The molecule has 0 aromatic rings. The lowest BCUT2D eigenvalue weighted by molar-refractivity contribution is -0.142. The smallest absolute Gasteiger partial charge is 0.307 e. The standard InChI is InChI=1S/C11H20N2O3/c1-3-10(14)13-6-4-12(5-7-13)8-9(2)11(15)16/h9H,3-8H2,1-2H3,(H,15,16). The third kappa shape index (κ3) is 3.48. The van der Waals surface area contributed by atoms with Crippen molar-refractivity contribution in [3.8, 4) is 0 Å². The molecule has 1 N–H and O–H groups in total. The van der Waals surface area contributed by atoms with E-state index in [1.807, 2.05) is 11.8 Å². The Hall–Kier alpha value is -1.10. The van der Waals surface area contributed by atoms with Crippen molar-refractivity contribution in [1.82, 2.24) is 9.80 Å². The van der Waals surface area contributed by atoms with E-state index in [2.05, 4.69) is 4.90 Å². The summed E-state index contributed by atoms with van der Waals surface area (Å²) in [6.45, 7) is 7.15. The number of hydrogen-bond donors (Lipinski definition) is 1. The summed E-state index contributed by atoms with van der Waals surface area (Å²) in [5.74, 6) is -0.911. The van der Waals surface area contributed by atoms with Gasteiger partial charge in [0.2, 0.25) is 5.91 Å². The molecule has 1 rings (SSSR count). The normalized spacial score (nSPS) is 19.5. The van der Waals surface area contributed by atoms with Crippen LogP contribution in [-0.2, 0) is 9.59 Å². The Bertz CT molecular complexity index is 260. The molecule has 1 atom stereocenters. The largest absolute Gasteiger partial charge is 0.481 e. The van der Waals surface area contributed by atoms with Crippen molar-refractivity contribution in [3.63, 3.8) is 0 Å². The SMILES string of the molecule is CCC(=O)N1CCN(CC(C)C(=O)O)CC1. The molecule has 5 nitrogen and oxygen atoms in total. The molecular formula is C11H20N2O3. The summed E-state index contributed by atoms with van der Waals surface area (Å²) in [5.41, 5.74) is 0. The number of nitrogens with zero attached hydrogens (tertiary/aromatic N) is 2. The summed E-state index contributed by atoms with van der Waals surface area (Å²) in [6.07, 6.45) is 0.547. The molecule has 1 aliphatic rings. The van der Waals surface area contributed by atoms with E-state index in [1.54, 1.807) is 6.92 Å². The van der Waals surface area contributed by atoms with Gasteiger partial charge in [0.15, 0.2) is 0 Å². The van der Waals surface area contributed by atoms with Crippen LogP contribution in [-0.4, -0.2) is 59.5 Å². The summed E-state index contributed by atoms with van der Waals surface area (Å²) in [4.78, 5) is 26.1. The number of amides is 1. The molecular weight excluding hydrogens is 208 g/mol. The maximum Gasteiger partial charge on any atom is 0.307 e. The van der Waals surface area contributed by atoms with Crippen molar-refractivity contribution in [3.05, 3.63) is 0 Å². The van der Waals surface area contributed by atoms with Gasteiger partial charge in [-0.2, -0.15) is 0 Å². The number of carbonyl (C=O) groups excluding carboxylic acids is 1. The molecule has 1 amide bonds. The zero-order valence-corrected chi connectivity index (χ0v) is 9.98. The lowest BCUT2D eigenvalue weighted by Gasteiger charge is -2.35. The third-order valence-corrected chi connectivity index (χ3v) is 2.98. The molecule has 0 saturated carbocycles. The lowest BCUT2D eigenvalue weighted by Crippen LogP contribution is -2.49. The Morgan fingerprint density at radius 2 is 1.81 bits per heavy atom. The van der Waals surface area contributed by atoms with Crippen molar-refractivity contribution >= 4 is 11.9 Å². The minimum absolute atomic E-state index is 0.186. The highest BCUT2D eigenvalue weighted by Gasteiger charge is 2.22.